The maximum absolute atomic E-state index is 10.9. The summed E-state index contributed by atoms with van der Waals surface area (Å²) in [5, 5.41) is 20.7. The Hall–Kier alpha value is -0.390. The van der Waals surface area contributed by atoms with Crippen LogP contribution in [0.2, 0.25) is 0 Å². The zero-order valence-corrected chi connectivity index (χ0v) is 9.64. The van der Waals surface area contributed by atoms with E-state index in [0.717, 1.165) is 9.35 Å². The number of aliphatic hydroxyl groups excluding tert-OH is 1. The van der Waals surface area contributed by atoms with Crippen LogP contribution in [0, 0.1) is 5.41 Å². The Balaban J connectivity index is 2.24. The molecule has 1 aromatic heterocycles. The van der Waals surface area contributed by atoms with Crippen molar-refractivity contribution in [1.29, 1.82) is 0 Å². The van der Waals surface area contributed by atoms with Crippen molar-refractivity contribution in [2.24, 2.45) is 5.41 Å². The van der Waals surface area contributed by atoms with Crippen LogP contribution in [-0.2, 0) is 4.79 Å². The predicted octanol–water partition coefficient (Wildman–Crippen LogP) is 2.41. The van der Waals surface area contributed by atoms with Gasteiger partial charge in [-0.15, -0.1) is 11.3 Å². The van der Waals surface area contributed by atoms with E-state index in [-0.39, 0.29) is 0 Å². The van der Waals surface area contributed by atoms with E-state index in [1.165, 1.54) is 11.3 Å². The molecule has 0 aliphatic heterocycles. The van der Waals surface area contributed by atoms with Gasteiger partial charge in [0, 0.05) is 14.7 Å². The number of thiophene rings is 1. The maximum Gasteiger partial charge on any atom is 0.312 e. The third kappa shape index (κ3) is 1.49. The summed E-state index contributed by atoms with van der Waals surface area (Å²) in [5.41, 5.74) is -0.912. The molecular weight excluding hydrogens is 268 g/mol. The van der Waals surface area contributed by atoms with Crippen molar-refractivity contribution in [3.8, 4) is 0 Å². The van der Waals surface area contributed by atoms with Crippen molar-refractivity contribution in [1.82, 2.24) is 0 Å². The molecule has 1 unspecified atom stereocenters. The van der Waals surface area contributed by atoms with Gasteiger partial charge in [-0.25, -0.2) is 0 Å². The Kier molecular flexibility index (Phi) is 2.41. The van der Waals surface area contributed by atoms with Crippen LogP contribution in [0.3, 0.4) is 0 Å². The van der Waals surface area contributed by atoms with Crippen molar-refractivity contribution in [2.45, 2.75) is 18.9 Å². The molecule has 0 saturated heterocycles. The molecule has 2 N–H and O–H groups in total. The highest BCUT2D eigenvalue weighted by atomic mass is 79.9. The Bertz CT molecular complexity index is 370. The summed E-state index contributed by atoms with van der Waals surface area (Å²) < 4.78 is 0.887. The molecule has 3 nitrogen and oxygen atoms in total. The molecular formula is C9H9BrO3S. The molecule has 1 aromatic rings. The highest BCUT2D eigenvalue weighted by molar-refractivity contribution is 9.10. The summed E-state index contributed by atoms with van der Waals surface area (Å²) >= 11 is 4.66. The Labute approximate surface area is 93.5 Å². The maximum atomic E-state index is 10.9. The lowest BCUT2D eigenvalue weighted by atomic mass is 9.98. The number of rotatable bonds is 3. The molecule has 0 bridgehead atoms. The van der Waals surface area contributed by atoms with Crippen LogP contribution in [0.1, 0.15) is 23.8 Å². The first-order valence-corrected chi connectivity index (χ1v) is 5.89. The molecule has 1 aliphatic rings. The summed E-state index contributed by atoms with van der Waals surface area (Å²) in [7, 11) is 0. The minimum atomic E-state index is -0.912. The summed E-state index contributed by atoms with van der Waals surface area (Å²) in [6.07, 6.45) is 0.272. The Morgan fingerprint density at radius 2 is 2.29 bits per heavy atom. The van der Waals surface area contributed by atoms with Gasteiger partial charge in [-0.3, -0.25) is 4.79 Å². The van der Waals surface area contributed by atoms with E-state index in [9.17, 15) is 9.90 Å². The molecule has 1 saturated carbocycles. The second-order valence-electron chi connectivity index (χ2n) is 3.53. The number of carbonyl (C=O) groups is 1. The lowest BCUT2D eigenvalue weighted by molar-refractivity contribution is -0.148. The number of hydrogen-bond acceptors (Lipinski definition) is 3. The normalized spacial score (nSPS) is 20.4. The standard InChI is InChI=1S/C9H9BrO3S/c10-5-3-6(14-4-5)7(11)9(1-2-9)8(12)13/h3-4,7,11H,1-2H2,(H,12,13). The molecule has 76 valence electrons. The van der Waals surface area contributed by atoms with Crippen molar-refractivity contribution >= 4 is 33.2 Å². The van der Waals surface area contributed by atoms with E-state index in [1.54, 1.807) is 6.07 Å². The fourth-order valence-corrected chi connectivity index (χ4v) is 3.03. The molecule has 5 heteroatoms. The lowest BCUT2D eigenvalue weighted by Crippen LogP contribution is -2.22. The molecule has 14 heavy (non-hydrogen) atoms. The van der Waals surface area contributed by atoms with E-state index in [1.807, 2.05) is 5.38 Å². The first-order valence-electron chi connectivity index (χ1n) is 4.22. The van der Waals surface area contributed by atoms with Gasteiger partial charge >= 0.3 is 5.97 Å². The highest BCUT2D eigenvalue weighted by Crippen LogP contribution is 2.56. The number of aliphatic carboxylic acids is 1. The zero-order valence-electron chi connectivity index (χ0n) is 7.24. The van der Waals surface area contributed by atoms with Crippen molar-refractivity contribution in [3.63, 3.8) is 0 Å². The van der Waals surface area contributed by atoms with Crippen LogP contribution in [0.5, 0.6) is 0 Å². The number of carboxylic acids is 1. The number of carboxylic acid groups (broad SMARTS) is 1. The molecule has 0 radical (unpaired) electrons. The molecule has 0 aromatic carbocycles. The van der Waals surface area contributed by atoms with Crippen LogP contribution >= 0.6 is 27.3 Å². The van der Waals surface area contributed by atoms with Crippen molar-refractivity contribution in [3.05, 3.63) is 20.8 Å². The van der Waals surface area contributed by atoms with Gasteiger partial charge in [0.1, 0.15) is 6.10 Å². The zero-order chi connectivity index (χ0) is 10.3. The molecule has 1 aliphatic carbocycles. The molecule has 1 heterocycles. The van der Waals surface area contributed by atoms with Crippen molar-refractivity contribution in [2.75, 3.05) is 0 Å². The summed E-state index contributed by atoms with van der Waals surface area (Å²) in [4.78, 5) is 11.7. The molecule has 0 spiro atoms. The lowest BCUT2D eigenvalue weighted by Gasteiger charge is -2.15. The van der Waals surface area contributed by atoms with Gasteiger partial charge in [-0.2, -0.15) is 0 Å². The number of aliphatic hydroxyl groups is 1. The first-order chi connectivity index (χ1) is 6.56. The fraction of sp³-hybridized carbons (Fsp3) is 0.444. The topological polar surface area (TPSA) is 57.5 Å². The second kappa shape index (κ2) is 3.32. The van der Waals surface area contributed by atoms with Gasteiger partial charge in [0.15, 0.2) is 0 Å². The quantitative estimate of drug-likeness (QED) is 0.892. The molecule has 1 atom stereocenters. The summed E-state index contributed by atoms with van der Waals surface area (Å²) in [6.45, 7) is 0. The van der Waals surface area contributed by atoms with Crippen LogP contribution in [0.25, 0.3) is 0 Å². The Morgan fingerprint density at radius 1 is 1.64 bits per heavy atom. The Morgan fingerprint density at radius 3 is 2.64 bits per heavy atom. The average molecular weight is 277 g/mol. The monoisotopic (exact) mass is 276 g/mol. The van der Waals surface area contributed by atoms with Gasteiger partial charge in [0.25, 0.3) is 0 Å². The van der Waals surface area contributed by atoms with Gasteiger partial charge in [-0.05, 0) is 34.8 Å². The van der Waals surface area contributed by atoms with E-state index in [2.05, 4.69) is 15.9 Å². The van der Waals surface area contributed by atoms with Crippen LogP contribution in [-0.4, -0.2) is 16.2 Å². The highest BCUT2D eigenvalue weighted by Gasteiger charge is 2.56. The van der Waals surface area contributed by atoms with Gasteiger partial charge < -0.3 is 10.2 Å². The van der Waals surface area contributed by atoms with Gasteiger partial charge in [0.2, 0.25) is 0 Å². The minimum absolute atomic E-state index is 0.568. The molecule has 1 fully saturated rings. The van der Waals surface area contributed by atoms with Crippen LogP contribution in [0.4, 0.5) is 0 Å². The number of hydrogen-bond donors (Lipinski definition) is 2. The van der Waals surface area contributed by atoms with Gasteiger partial charge in [-0.1, -0.05) is 0 Å². The van der Waals surface area contributed by atoms with E-state index < -0.39 is 17.5 Å². The third-order valence-corrected chi connectivity index (χ3v) is 4.34. The van der Waals surface area contributed by atoms with Gasteiger partial charge in [0.05, 0.1) is 5.41 Å². The molecule has 0 amide bonds. The largest absolute Gasteiger partial charge is 0.481 e. The SMILES string of the molecule is O=C(O)C1(C(O)c2cc(Br)cs2)CC1. The summed E-state index contributed by atoms with van der Waals surface area (Å²) in [6, 6.07) is 1.78. The average Bonchev–Trinajstić information content (AvgIpc) is 2.84. The third-order valence-electron chi connectivity index (χ3n) is 2.60. The summed E-state index contributed by atoms with van der Waals surface area (Å²) in [5.74, 6) is -0.894. The second-order valence-corrected chi connectivity index (χ2v) is 5.39. The predicted molar refractivity (Wildman–Crippen MR) is 56.3 cm³/mol. The van der Waals surface area contributed by atoms with E-state index in [4.69, 9.17) is 5.11 Å². The fourth-order valence-electron chi connectivity index (χ4n) is 1.48. The van der Waals surface area contributed by atoms with E-state index >= 15 is 0 Å². The van der Waals surface area contributed by atoms with E-state index in [0.29, 0.717) is 12.8 Å². The molecule has 2 rings (SSSR count). The smallest absolute Gasteiger partial charge is 0.312 e. The first kappa shape index (κ1) is 10.1. The van der Waals surface area contributed by atoms with Crippen molar-refractivity contribution < 1.29 is 15.0 Å². The number of halogens is 1. The van der Waals surface area contributed by atoms with Crippen LogP contribution < -0.4 is 0 Å². The van der Waals surface area contributed by atoms with Crippen LogP contribution in [0.15, 0.2) is 15.9 Å². The minimum Gasteiger partial charge on any atom is -0.481 e.